The van der Waals surface area contributed by atoms with Gasteiger partial charge in [0.2, 0.25) is 0 Å². The molecule has 0 heterocycles. The van der Waals surface area contributed by atoms with E-state index in [4.69, 9.17) is 4.74 Å². The molecule has 0 atom stereocenters. The van der Waals surface area contributed by atoms with Gasteiger partial charge < -0.3 is 20.1 Å². The van der Waals surface area contributed by atoms with Gasteiger partial charge in [-0.25, -0.2) is 0 Å². The van der Waals surface area contributed by atoms with Crippen LogP contribution in [0.5, 0.6) is 23.0 Å². The summed E-state index contributed by atoms with van der Waals surface area (Å²) in [5.41, 5.74) is 0.160. The number of ketones is 2. The van der Waals surface area contributed by atoms with E-state index in [9.17, 15) is 29.7 Å². The van der Waals surface area contributed by atoms with Crippen molar-refractivity contribution < 1.29 is 34.4 Å². The summed E-state index contributed by atoms with van der Waals surface area (Å²) in [7, 11) is 0. The molecule has 2 aromatic rings. The Morgan fingerprint density at radius 2 is 1.36 bits per heavy atom. The lowest BCUT2D eigenvalue weighted by Gasteiger charge is -2.10. The number of halogens is 2. The molecule has 0 bridgehead atoms. The Kier molecular flexibility index (Phi) is 7.63. The molecule has 9 heteroatoms. The normalized spacial score (nSPS) is 10.5. The van der Waals surface area contributed by atoms with E-state index in [-0.39, 0.29) is 72.1 Å². The van der Waals surface area contributed by atoms with Crippen molar-refractivity contribution in [3.05, 3.63) is 42.5 Å². The van der Waals surface area contributed by atoms with Crippen LogP contribution in [-0.2, 0) is 4.79 Å². The topological polar surface area (TPSA) is 121 Å². The predicted octanol–water partition coefficient (Wildman–Crippen LogP) is 4.17. The summed E-state index contributed by atoms with van der Waals surface area (Å²) in [6.45, 7) is 1.23. The molecule has 0 fully saturated rings. The number of esters is 1. The van der Waals surface area contributed by atoms with Crippen LogP contribution in [-0.4, -0.2) is 32.9 Å². The average molecular weight is 610 g/mol. The molecule has 0 spiro atoms. The molecule has 2 rings (SSSR count). The van der Waals surface area contributed by atoms with E-state index < -0.39 is 5.97 Å². The Bertz CT molecular complexity index is 954. The Morgan fingerprint density at radius 3 is 1.89 bits per heavy atom. The SMILES string of the molecule is CC(=O)Oc1ccc(C(=O)CCCC(=O)c2ccc(O)c(I)c2O)c(O)c1I. The number of hydrogen-bond donors (Lipinski definition) is 3. The lowest BCUT2D eigenvalue weighted by molar-refractivity contribution is -0.131. The number of carbonyl (C=O) groups excluding carboxylic acids is 3. The number of hydrogen-bond acceptors (Lipinski definition) is 7. The number of Topliss-reactive ketones (excluding diaryl/α,β-unsaturated/α-hetero) is 2. The third-order valence-electron chi connectivity index (χ3n) is 3.84. The van der Waals surface area contributed by atoms with Crippen molar-refractivity contribution in [1.82, 2.24) is 0 Å². The van der Waals surface area contributed by atoms with Gasteiger partial charge in [0, 0.05) is 19.8 Å². The number of ether oxygens (including phenoxy) is 1. The standard InChI is InChI=1S/C19H16I2O7/c1-9(22)28-15-8-6-11(19(27)17(15)21)13(24)4-2-3-12(23)10-5-7-14(25)16(20)18(10)26/h5-8,25-27H,2-4H2,1H3. The summed E-state index contributed by atoms with van der Waals surface area (Å²) in [5, 5.41) is 29.7. The second-order valence-corrected chi connectivity index (χ2v) is 8.02. The van der Waals surface area contributed by atoms with Crippen LogP contribution in [0, 0.1) is 7.14 Å². The molecular formula is C19H16I2O7. The Hall–Kier alpha value is -1.89. The minimum atomic E-state index is -0.540. The quantitative estimate of drug-likeness (QED) is 0.186. The summed E-state index contributed by atoms with van der Waals surface area (Å²) in [5.74, 6) is -1.77. The minimum absolute atomic E-state index is 0.0121. The number of phenolic OH excluding ortho intramolecular Hbond substituents is 3. The van der Waals surface area contributed by atoms with Crippen LogP contribution >= 0.6 is 45.2 Å². The first-order chi connectivity index (χ1) is 13.1. The molecule has 7 nitrogen and oxygen atoms in total. The lowest BCUT2D eigenvalue weighted by Crippen LogP contribution is -2.06. The first-order valence-corrected chi connectivity index (χ1v) is 10.3. The monoisotopic (exact) mass is 610 g/mol. The van der Waals surface area contributed by atoms with E-state index in [0.29, 0.717) is 0 Å². The Labute approximate surface area is 188 Å². The molecule has 148 valence electrons. The summed E-state index contributed by atoms with van der Waals surface area (Å²) in [4.78, 5) is 35.7. The number of phenols is 3. The fourth-order valence-corrected chi connectivity index (χ4v) is 3.51. The molecule has 0 radical (unpaired) electrons. The van der Waals surface area contributed by atoms with Crippen molar-refractivity contribution in [3.8, 4) is 23.0 Å². The second kappa shape index (κ2) is 9.54. The van der Waals surface area contributed by atoms with Gasteiger partial charge >= 0.3 is 5.97 Å². The van der Waals surface area contributed by atoms with Crippen molar-refractivity contribution in [2.45, 2.75) is 26.2 Å². The van der Waals surface area contributed by atoms with E-state index >= 15 is 0 Å². The van der Waals surface area contributed by atoms with Gasteiger partial charge in [0.15, 0.2) is 11.6 Å². The fourth-order valence-electron chi connectivity index (χ4n) is 2.46. The van der Waals surface area contributed by atoms with Crippen LogP contribution in [0.2, 0.25) is 0 Å². The second-order valence-electron chi connectivity index (χ2n) is 5.86. The van der Waals surface area contributed by atoms with Crippen LogP contribution in [0.3, 0.4) is 0 Å². The lowest BCUT2D eigenvalue weighted by atomic mass is 10.0. The van der Waals surface area contributed by atoms with Gasteiger partial charge in [0.25, 0.3) is 0 Å². The van der Waals surface area contributed by atoms with Gasteiger partial charge in [-0.1, -0.05) is 0 Å². The van der Waals surface area contributed by atoms with Crippen molar-refractivity contribution in [1.29, 1.82) is 0 Å². The molecule has 0 saturated carbocycles. The van der Waals surface area contributed by atoms with E-state index in [1.54, 1.807) is 45.2 Å². The van der Waals surface area contributed by atoms with E-state index in [0.717, 1.165) is 0 Å². The molecule has 2 aromatic carbocycles. The first kappa shape index (κ1) is 22.4. The van der Waals surface area contributed by atoms with Crippen LogP contribution in [0.25, 0.3) is 0 Å². The van der Waals surface area contributed by atoms with E-state index in [1.165, 1.54) is 31.2 Å². The molecule has 28 heavy (non-hydrogen) atoms. The Balaban J connectivity index is 2.03. The zero-order valence-corrected chi connectivity index (χ0v) is 19.0. The maximum atomic E-state index is 12.4. The van der Waals surface area contributed by atoms with Crippen LogP contribution in [0.15, 0.2) is 24.3 Å². The van der Waals surface area contributed by atoms with Crippen molar-refractivity contribution >= 4 is 62.7 Å². The van der Waals surface area contributed by atoms with Crippen LogP contribution < -0.4 is 4.74 Å². The highest BCUT2D eigenvalue weighted by atomic mass is 127. The molecular weight excluding hydrogens is 594 g/mol. The molecule has 0 aromatic heterocycles. The largest absolute Gasteiger partial charge is 0.507 e. The van der Waals surface area contributed by atoms with Crippen molar-refractivity contribution in [2.75, 3.05) is 0 Å². The summed E-state index contributed by atoms with van der Waals surface area (Å²) >= 11 is 3.51. The maximum Gasteiger partial charge on any atom is 0.308 e. The van der Waals surface area contributed by atoms with E-state index in [2.05, 4.69) is 0 Å². The smallest absolute Gasteiger partial charge is 0.308 e. The molecule has 0 aliphatic carbocycles. The predicted molar refractivity (Wildman–Crippen MR) is 117 cm³/mol. The van der Waals surface area contributed by atoms with E-state index in [1.807, 2.05) is 0 Å². The fraction of sp³-hybridized carbons (Fsp3) is 0.211. The molecule has 0 amide bonds. The van der Waals surface area contributed by atoms with Gasteiger partial charge in [0.1, 0.15) is 23.0 Å². The summed E-state index contributed by atoms with van der Waals surface area (Å²) in [6, 6.07) is 5.45. The summed E-state index contributed by atoms with van der Waals surface area (Å²) < 4.78 is 5.38. The molecule has 0 aliphatic heterocycles. The molecule has 3 N–H and O–H groups in total. The zero-order valence-electron chi connectivity index (χ0n) is 14.7. The highest BCUT2D eigenvalue weighted by molar-refractivity contribution is 14.1. The maximum absolute atomic E-state index is 12.4. The summed E-state index contributed by atoms with van der Waals surface area (Å²) in [6.07, 6.45) is 0.248. The highest BCUT2D eigenvalue weighted by Crippen LogP contribution is 2.34. The molecule has 0 saturated heterocycles. The minimum Gasteiger partial charge on any atom is -0.507 e. The number of rotatable bonds is 7. The zero-order chi connectivity index (χ0) is 21.0. The third-order valence-corrected chi connectivity index (χ3v) is 5.94. The number of carbonyl (C=O) groups is 3. The highest BCUT2D eigenvalue weighted by Gasteiger charge is 2.19. The van der Waals surface area contributed by atoms with Crippen LogP contribution in [0.1, 0.15) is 46.9 Å². The first-order valence-electron chi connectivity index (χ1n) is 8.10. The van der Waals surface area contributed by atoms with Gasteiger partial charge in [-0.3, -0.25) is 14.4 Å². The number of aromatic hydroxyl groups is 3. The number of benzene rings is 2. The molecule has 0 unspecified atom stereocenters. The van der Waals surface area contributed by atoms with Gasteiger partial charge in [-0.05, 0) is 75.9 Å². The van der Waals surface area contributed by atoms with Gasteiger partial charge in [-0.2, -0.15) is 0 Å². The third kappa shape index (κ3) is 5.13. The van der Waals surface area contributed by atoms with Gasteiger partial charge in [-0.15, -0.1) is 0 Å². The Morgan fingerprint density at radius 1 is 0.857 bits per heavy atom. The van der Waals surface area contributed by atoms with Crippen LogP contribution in [0.4, 0.5) is 0 Å². The average Bonchev–Trinajstić information content (AvgIpc) is 2.63. The van der Waals surface area contributed by atoms with Crippen molar-refractivity contribution in [3.63, 3.8) is 0 Å². The molecule has 0 aliphatic rings. The van der Waals surface area contributed by atoms with Gasteiger partial charge in [0.05, 0.1) is 18.3 Å². The van der Waals surface area contributed by atoms with Crippen molar-refractivity contribution in [2.24, 2.45) is 0 Å².